The lowest BCUT2D eigenvalue weighted by Gasteiger charge is -2.24. The smallest absolute Gasteiger partial charge is 0.261 e. The monoisotopic (exact) mass is 373 g/mol. The van der Waals surface area contributed by atoms with Crippen LogP contribution >= 0.6 is 0 Å². The summed E-state index contributed by atoms with van der Waals surface area (Å²) in [7, 11) is 0. The van der Waals surface area contributed by atoms with Crippen LogP contribution in [0.3, 0.4) is 0 Å². The summed E-state index contributed by atoms with van der Waals surface area (Å²) in [6.45, 7) is 6.03. The Morgan fingerprint density at radius 1 is 0.857 bits per heavy atom. The zero-order chi connectivity index (χ0) is 19.9. The third kappa shape index (κ3) is 5.01. The summed E-state index contributed by atoms with van der Waals surface area (Å²) >= 11 is 0. The van der Waals surface area contributed by atoms with E-state index in [1.165, 1.54) is 5.56 Å². The summed E-state index contributed by atoms with van der Waals surface area (Å²) in [5.41, 5.74) is 4.39. The molecule has 0 heterocycles. The van der Waals surface area contributed by atoms with E-state index in [4.69, 9.17) is 4.74 Å². The molecule has 144 valence electrons. The van der Waals surface area contributed by atoms with Crippen LogP contribution in [0, 0.1) is 13.8 Å². The zero-order valence-electron chi connectivity index (χ0n) is 16.7. The molecule has 3 rings (SSSR count). The summed E-state index contributed by atoms with van der Waals surface area (Å²) in [6, 6.07) is 25.9. The van der Waals surface area contributed by atoms with Crippen LogP contribution in [0.15, 0.2) is 78.9 Å². The van der Waals surface area contributed by atoms with Gasteiger partial charge < -0.3 is 10.1 Å². The van der Waals surface area contributed by atoms with Gasteiger partial charge in [0.1, 0.15) is 5.75 Å². The van der Waals surface area contributed by atoms with E-state index in [1.54, 1.807) is 0 Å². The molecule has 0 radical (unpaired) electrons. The minimum atomic E-state index is -0.543. The molecule has 0 aromatic heterocycles. The van der Waals surface area contributed by atoms with Crippen molar-refractivity contribution >= 4 is 5.91 Å². The number of hydrogen-bond donors (Lipinski definition) is 1. The number of aryl methyl sites for hydroxylation is 2. The SMILES string of the molecule is CC[C@H](Oc1cccc(C)c1)C(=O)N[C@H](c1ccccc1)c1ccc(C)cc1. The molecule has 0 bridgehead atoms. The van der Waals surface area contributed by atoms with Crippen LogP contribution in [-0.4, -0.2) is 12.0 Å². The van der Waals surface area contributed by atoms with Gasteiger partial charge >= 0.3 is 0 Å². The standard InChI is InChI=1S/C25H27NO2/c1-4-23(28-22-12-8-9-19(3)17-22)25(27)26-24(20-10-6-5-7-11-20)21-15-13-18(2)14-16-21/h5-17,23-24H,4H2,1-3H3,(H,26,27)/t23-,24+/m0/s1. The molecule has 0 spiro atoms. The summed E-state index contributed by atoms with van der Waals surface area (Å²) in [5, 5.41) is 3.19. The van der Waals surface area contributed by atoms with Crippen LogP contribution in [0.1, 0.15) is 41.6 Å². The fraction of sp³-hybridized carbons (Fsp3) is 0.240. The molecular weight excluding hydrogens is 346 g/mol. The van der Waals surface area contributed by atoms with Crippen LogP contribution in [0.4, 0.5) is 0 Å². The van der Waals surface area contributed by atoms with Crippen molar-refractivity contribution in [3.63, 3.8) is 0 Å². The number of carbonyl (C=O) groups excluding carboxylic acids is 1. The van der Waals surface area contributed by atoms with E-state index < -0.39 is 6.10 Å². The Morgan fingerprint density at radius 2 is 1.54 bits per heavy atom. The molecule has 3 nitrogen and oxygen atoms in total. The average molecular weight is 373 g/mol. The van der Waals surface area contributed by atoms with E-state index in [-0.39, 0.29) is 11.9 Å². The Labute approximate surface area is 167 Å². The van der Waals surface area contributed by atoms with Crippen LogP contribution in [0.5, 0.6) is 5.75 Å². The van der Waals surface area contributed by atoms with Crippen molar-refractivity contribution in [2.45, 2.75) is 39.3 Å². The molecule has 3 aromatic carbocycles. The first kappa shape index (κ1) is 19.7. The largest absolute Gasteiger partial charge is 0.481 e. The molecular formula is C25H27NO2. The zero-order valence-corrected chi connectivity index (χ0v) is 16.7. The predicted molar refractivity (Wildman–Crippen MR) is 113 cm³/mol. The lowest BCUT2D eigenvalue weighted by molar-refractivity contribution is -0.128. The van der Waals surface area contributed by atoms with Crippen LogP contribution < -0.4 is 10.1 Å². The first-order valence-corrected chi connectivity index (χ1v) is 9.72. The lowest BCUT2D eigenvalue weighted by Crippen LogP contribution is -2.40. The molecule has 28 heavy (non-hydrogen) atoms. The van der Waals surface area contributed by atoms with Gasteiger partial charge in [-0.2, -0.15) is 0 Å². The Bertz CT molecular complexity index is 903. The molecule has 0 unspecified atom stereocenters. The molecule has 0 aliphatic heterocycles. The number of hydrogen-bond acceptors (Lipinski definition) is 2. The number of amides is 1. The number of nitrogens with one attached hydrogen (secondary N) is 1. The van der Waals surface area contributed by atoms with Gasteiger partial charge in [0, 0.05) is 0 Å². The normalized spacial score (nSPS) is 12.8. The minimum Gasteiger partial charge on any atom is -0.481 e. The van der Waals surface area contributed by atoms with Crippen molar-refractivity contribution in [3.8, 4) is 5.75 Å². The van der Waals surface area contributed by atoms with E-state index in [0.29, 0.717) is 12.2 Å². The second-order valence-corrected chi connectivity index (χ2v) is 7.09. The molecule has 3 aromatic rings. The minimum absolute atomic E-state index is 0.113. The van der Waals surface area contributed by atoms with E-state index in [0.717, 1.165) is 16.7 Å². The Hall–Kier alpha value is -3.07. The maximum atomic E-state index is 13.1. The molecule has 0 saturated carbocycles. The first-order chi connectivity index (χ1) is 13.6. The van der Waals surface area contributed by atoms with E-state index in [2.05, 4.69) is 36.5 Å². The van der Waals surface area contributed by atoms with E-state index >= 15 is 0 Å². The average Bonchev–Trinajstić information content (AvgIpc) is 2.71. The summed E-state index contributed by atoms with van der Waals surface area (Å²) in [4.78, 5) is 13.1. The maximum absolute atomic E-state index is 13.1. The van der Waals surface area contributed by atoms with Gasteiger partial charge in [0.25, 0.3) is 5.91 Å². The number of ether oxygens (including phenoxy) is 1. The van der Waals surface area contributed by atoms with Gasteiger partial charge in [-0.05, 0) is 49.1 Å². The topological polar surface area (TPSA) is 38.3 Å². The molecule has 1 amide bonds. The summed E-state index contributed by atoms with van der Waals surface area (Å²) < 4.78 is 5.99. The fourth-order valence-corrected chi connectivity index (χ4v) is 3.17. The predicted octanol–water partition coefficient (Wildman–Crippen LogP) is 5.37. The van der Waals surface area contributed by atoms with E-state index in [9.17, 15) is 4.79 Å². The van der Waals surface area contributed by atoms with Crippen molar-refractivity contribution in [2.24, 2.45) is 0 Å². The van der Waals surface area contributed by atoms with Gasteiger partial charge in [0.15, 0.2) is 6.10 Å². The second-order valence-electron chi connectivity index (χ2n) is 7.09. The van der Waals surface area contributed by atoms with Gasteiger partial charge in [-0.15, -0.1) is 0 Å². The molecule has 3 heteroatoms. The van der Waals surface area contributed by atoms with Gasteiger partial charge in [-0.3, -0.25) is 4.79 Å². The van der Waals surface area contributed by atoms with Gasteiger partial charge in [0.05, 0.1) is 6.04 Å². The molecule has 0 fully saturated rings. The number of carbonyl (C=O) groups is 1. The van der Waals surface area contributed by atoms with Crippen LogP contribution in [0.25, 0.3) is 0 Å². The van der Waals surface area contributed by atoms with E-state index in [1.807, 2.05) is 68.4 Å². The highest BCUT2D eigenvalue weighted by Gasteiger charge is 2.23. The quantitative estimate of drug-likeness (QED) is 0.605. The third-order valence-corrected chi connectivity index (χ3v) is 4.76. The summed E-state index contributed by atoms with van der Waals surface area (Å²) in [5.74, 6) is 0.604. The van der Waals surface area contributed by atoms with Crippen molar-refractivity contribution in [1.29, 1.82) is 0 Å². The molecule has 0 saturated heterocycles. The molecule has 1 N–H and O–H groups in total. The molecule has 2 atom stereocenters. The van der Waals surface area contributed by atoms with Crippen molar-refractivity contribution in [3.05, 3.63) is 101 Å². The van der Waals surface area contributed by atoms with Crippen LogP contribution in [-0.2, 0) is 4.79 Å². The van der Waals surface area contributed by atoms with Gasteiger partial charge in [-0.1, -0.05) is 79.2 Å². The fourth-order valence-electron chi connectivity index (χ4n) is 3.17. The van der Waals surface area contributed by atoms with Crippen LogP contribution in [0.2, 0.25) is 0 Å². The number of rotatable bonds is 7. The lowest BCUT2D eigenvalue weighted by atomic mass is 9.97. The highest BCUT2D eigenvalue weighted by atomic mass is 16.5. The first-order valence-electron chi connectivity index (χ1n) is 9.72. The van der Waals surface area contributed by atoms with Crippen molar-refractivity contribution in [1.82, 2.24) is 5.32 Å². The highest BCUT2D eigenvalue weighted by molar-refractivity contribution is 5.82. The highest BCUT2D eigenvalue weighted by Crippen LogP contribution is 2.23. The molecule has 0 aliphatic carbocycles. The van der Waals surface area contributed by atoms with Crippen molar-refractivity contribution in [2.75, 3.05) is 0 Å². The Morgan fingerprint density at radius 3 is 2.18 bits per heavy atom. The Balaban J connectivity index is 1.82. The number of benzene rings is 3. The molecule has 0 aliphatic rings. The Kier molecular flexibility index (Phi) is 6.49. The van der Waals surface area contributed by atoms with Crippen molar-refractivity contribution < 1.29 is 9.53 Å². The third-order valence-electron chi connectivity index (χ3n) is 4.76. The van der Waals surface area contributed by atoms with Gasteiger partial charge in [0.2, 0.25) is 0 Å². The summed E-state index contributed by atoms with van der Waals surface area (Å²) in [6.07, 6.45) is 0.0494. The maximum Gasteiger partial charge on any atom is 0.261 e. The van der Waals surface area contributed by atoms with Gasteiger partial charge in [-0.25, -0.2) is 0 Å². The second kappa shape index (κ2) is 9.23.